The van der Waals surface area contributed by atoms with E-state index in [2.05, 4.69) is 17.3 Å². The van der Waals surface area contributed by atoms with Crippen molar-refractivity contribution in [3.05, 3.63) is 0 Å². The van der Waals surface area contributed by atoms with E-state index < -0.39 is 5.97 Å². The summed E-state index contributed by atoms with van der Waals surface area (Å²) in [6, 6.07) is -0.227. The lowest BCUT2D eigenvalue weighted by Gasteiger charge is -2.33. The summed E-state index contributed by atoms with van der Waals surface area (Å²) in [5, 5.41) is 11.8. The zero-order valence-corrected chi connectivity index (χ0v) is 12.1. The molecule has 1 heterocycles. The second kappa shape index (κ2) is 7.33. The molecule has 1 atom stereocenters. The quantitative estimate of drug-likeness (QED) is 0.781. The van der Waals surface area contributed by atoms with E-state index in [9.17, 15) is 9.59 Å². The minimum Gasteiger partial charge on any atom is -0.481 e. The minimum atomic E-state index is -0.877. The number of likely N-dealkylation sites (tertiary alicyclic amines) is 1. The molecule has 19 heavy (non-hydrogen) atoms. The van der Waals surface area contributed by atoms with Gasteiger partial charge in [-0.1, -0.05) is 0 Å². The summed E-state index contributed by atoms with van der Waals surface area (Å²) in [6.07, 6.45) is 1.88. The van der Waals surface area contributed by atoms with E-state index in [-0.39, 0.29) is 24.5 Å². The van der Waals surface area contributed by atoms with Gasteiger partial charge in [-0.15, -0.1) is 0 Å². The molecule has 1 fully saturated rings. The molecule has 0 aromatic carbocycles. The minimum absolute atomic E-state index is 0.0192. The van der Waals surface area contributed by atoms with Gasteiger partial charge in [-0.2, -0.15) is 0 Å². The molecule has 0 spiro atoms. The summed E-state index contributed by atoms with van der Waals surface area (Å²) in [4.78, 5) is 26.7. The normalized spacial score (nSPS) is 18.9. The van der Waals surface area contributed by atoms with Crippen LogP contribution >= 0.6 is 0 Å². The number of nitrogens with one attached hydrogen (secondary N) is 1. The molecular formula is C13H25N3O3. The Morgan fingerprint density at radius 1 is 1.42 bits per heavy atom. The predicted molar refractivity (Wildman–Crippen MR) is 73.1 cm³/mol. The molecule has 6 heteroatoms. The maximum Gasteiger partial charge on any atom is 0.317 e. The van der Waals surface area contributed by atoms with E-state index in [1.54, 1.807) is 11.8 Å². The molecule has 1 unspecified atom stereocenters. The number of carboxylic acids is 1. The van der Waals surface area contributed by atoms with Gasteiger partial charge in [0.15, 0.2) is 0 Å². The highest BCUT2D eigenvalue weighted by Gasteiger charge is 2.24. The van der Waals surface area contributed by atoms with Crippen molar-refractivity contribution in [3.63, 3.8) is 0 Å². The number of carboxylic acid groups (broad SMARTS) is 1. The maximum absolute atomic E-state index is 12.2. The van der Waals surface area contributed by atoms with Gasteiger partial charge in [0, 0.05) is 18.6 Å². The van der Waals surface area contributed by atoms with Crippen molar-refractivity contribution in [2.75, 3.05) is 26.7 Å². The van der Waals surface area contributed by atoms with Crippen LogP contribution in [-0.4, -0.2) is 65.7 Å². The third-order valence-corrected chi connectivity index (χ3v) is 3.65. The van der Waals surface area contributed by atoms with Crippen LogP contribution in [0.25, 0.3) is 0 Å². The zero-order chi connectivity index (χ0) is 14.4. The van der Waals surface area contributed by atoms with Crippen LogP contribution < -0.4 is 5.32 Å². The van der Waals surface area contributed by atoms with Gasteiger partial charge in [-0.25, -0.2) is 4.79 Å². The van der Waals surface area contributed by atoms with Gasteiger partial charge in [0.25, 0.3) is 0 Å². The lowest BCUT2D eigenvalue weighted by Crippen LogP contribution is -2.51. The van der Waals surface area contributed by atoms with E-state index in [1.165, 1.54) is 0 Å². The van der Waals surface area contributed by atoms with Crippen LogP contribution in [0.2, 0.25) is 0 Å². The third-order valence-electron chi connectivity index (χ3n) is 3.65. The predicted octanol–water partition coefficient (Wildman–Crippen LogP) is 0.975. The first-order valence-corrected chi connectivity index (χ1v) is 6.91. The third kappa shape index (κ3) is 5.06. The largest absolute Gasteiger partial charge is 0.481 e. The number of carbonyl (C=O) groups is 2. The van der Waals surface area contributed by atoms with Gasteiger partial charge in [-0.3, -0.25) is 4.79 Å². The number of aliphatic carboxylic acids is 1. The molecule has 110 valence electrons. The highest BCUT2D eigenvalue weighted by molar-refractivity contribution is 5.76. The van der Waals surface area contributed by atoms with Gasteiger partial charge in [0.05, 0.1) is 6.42 Å². The van der Waals surface area contributed by atoms with Gasteiger partial charge < -0.3 is 20.2 Å². The van der Waals surface area contributed by atoms with Crippen LogP contribution in [0.5, 0.6) is 0 Å². The molecule has 0 bridgehead atoms. The van der Waals surface area contributed by atoms with Crippen molar-refractivity contribution < 1.29 is 14.7 Å². The molecule has 0 aromatic rings. The number of nitrogens with zero attached hydrogens (tertiary/aromatic N) is 2. The Balaban J connectivity index is 2.47. The Hall–Kier alpha value is -1.30. The number of piperidine rings is 1. The topological polar surface area (TPSA) is 72.9 Å². The van der Waals surface area contributed by atoms with Gasteiger partial charge in [0.2, 0.25) is 0 Å². The highest BCUT2D eigenvalue weighted by Crippen LogP contribution is 2.10. The SMILES string of the molecule is CCN(C(=O)NC1CCN(C)CC1)C(C)CC(=O)O. The Bertz CT molecular complexity index is 314. The molecule has 2 amide bonds. The molecule has 1 rings (SSSR count). The van der Waals surface area contributed by atoms with Gasteiger partial charge >= 0.3 is 12.0 Å². The Morgan fingerprint density at radius 2 is 2.00 bits per heavy atom. The second-order valence-electron chi connectivity index (χ2n) is 5.26. The van der Waals surface area contributed by atoms with Gasteiger partial charge in [0.1, 0.15) is 0 Å². The van der Waals surface area contributed by atoms with E-state index in [1.807, 2.05) is 6.92 Å². The number of hydrogen-bond acceptors (Lipinski definition) is 3. The molecule has 0 saturated carbocycles. The monoisotopic (exact) mass is 271 g/mol. The van der Waals surface area contributed by atoms with Crippen LogP contribution in [-0.2, 0) is 4.79 Å². The summed E-state index contributed by atoms with van der Waals surface area (Å²) in [5.41, 5.74) is 0. The summed E-state index contributed by atoms with van der Waals surface area (Å²) in [5.74, 6) is -0.877. The lowest BCUT2D eigenvalue weighted by atomic mass is 10.1. The maximum atomic E-state index is 12.2. The van der Waals surface area contributed by atoms with E-state index >= 15 is 0 Å². The van der Waals surface area contributed by atoms with Gasteiger partial charge in [-0.05, 0) is 46.8 Å². The molecule has 1 saturated heterocycles. The van der Waals surface area contributed by atoms with Crippen molar-refractivity contribution in [3.8, 4) is 0 Å². The van der Waals surface area contributed by atoms with Crippen molar-refractivity contribution in [2.45, 2.75) is 45.2 Å². The van der Waals surface area contributed by atoms with Crippen LogP contribution in [0, 0.1) is 0 Å². The van der Waals surface area contributed by atoms with E-state index in [0.717, 1.165) is 25.9 Å². The molecular weight excluding hydrogens is 246 g/mol. The first-order chi connectivity index (χ1) is 8.93. The van der Waals surface area contributed by atoms with Crippen LogP contribution in [0.1, 0.15) is 33.1 Å². The smallest absolute Gasteiger partial charge is 0.317 e. The molecule has 2 N–H and O–H groups in total. The fourth-order valence-corrected chi connectivity index (χ4v) is 2.43. The number of amides is 2. The van der Waals surface area contributed by atoms with E-state index in [4.69, 9.17) is 5.11 Å². The molecule has 0 aliphatic carbocycles. The average Bonchev–Trinajstić information content (AvgIpc) is 2.32. The zero-order valence-electron chi connectivity index (χ0n) is 12.1. The first-order valence-electron chi connectivity index (χ1n) is 6.91. The fourth-order valence-electron chi connectivity index (χ4n) is 2.43. The lowest BCUT2D eigenvalue weighted by molar-refractivity contribution is -0.138. The first kappa shape index (κ1) is 15.8. The van der Waals surface area contributed by atoms with Crippen LogP contribution in [0.3, 0.4) is 0 Å². The number of hydrogen-bond donors (Lipinski definition) is 2. The highest BCUT2D eigenvalue weighted by atomic mass is 16.4. The Labute approximate surface area is 114 Å². The van der Waals surface area contributed by atoms with Crippen molar-refractivity contribution in [1.82, 2.24) is 15.1 Å². The molecule has 1 aliphatic rings. The summed E-state index contributed by atoms with van der Waals surface area (Å²) < 4.78 is 0. The molecule has 1 aliphatic heterocycles. The van der Waals surface area contributed by atoms with Crippen molar-refractivity contribution in [1.29, 1.82) is 0 Å². The van der Waals surface area contributed by atoms with Crippen LogP contribution in [0.15, 0.2) is 0 Å². The summed E-state index contributed by atoms with van der Waals surface area (Å²) in [7, 11) is 2.07. The molecule has 0 radical (unpaired) electrons. The Morgan fingerprint density at radius 3 is 2.47 bits per heavy atom. The van der Waals surface area contributed by atoms with E-state index in [0.29, 0.717) is 6.54 Å². The molecule has 6 nitrogen and oxygen atoms in total. The standard InChI is InChI=1S/C13H25N3O3/c1-4-16(10(2)9-12(17)18)13(19)14-11-5-7-15(3)8-6-11/h10-11H,4-9H2,1-3H3,(H,14,19)(H,17,18). The van der Waals surface area contributed by atoms with Crippen LogP contribution in [0.4, 0.5) is 4.79 Å². The number of urea groups is 1. The fraction of sp³-hybridized carbons (Fsp3) is 0.846. The second-order valence-corrected chi connectivity index (χ2v) is 5.26. The number of rotatable bonds is 5. The number of carbonyl (C=O) groups excluding carboxylic acids is 1. The summed E-state index contributed by atoms with van der Waals surface area (Å²) in [6.45, 7) is 6.13. The molecule has 0 aromatic heterocycles. The summed E-state index contributed by atoms with van der Waals surface area (Å²) >= 11 is 0. The van der Waals surface area contributed by atoms with Crippen molar-refractivity contribution >= 4 is 12.0 Å². The Kier molecular flexibility index (Phi) is 6.08. The average molecular weight is 271 g/mol. The van der Waals surface area contributed by atoms with Crippen molar-refractivity contribution in [2.24, 2.45) is 0 Å².